The lowest BCUT2D eigenvalue weighted by Crippen LogP contribution is -2.19. The van der Waals surface area contributed by atoms with E-state index in [9.17, 15) is 9.18 Å². The van der Waals surface area contributed by atoms with Crippen LogP contribution in [0.15, 0.2) is 72.8 Å². The summed E-state index contributed by atoms with van der Waals surface area (Å²) in [5.74, 6) is 0.685. The van der Waals surface area contributed by atoms with E-state index < -0.39 is 11.8 Å². The minimum atomic E-state index is -0.492. The molecule has 0 radical (unpaired) electrons. The maximum absolute atomic E-state index is 13.1. The normalized spacial score (nSPS) is 9.85. The first-order valence-corrected chi connectivity index (χ1v) is 7.71. The van der Waals surface area contributed by atoms with E-state index >= 15 is 0 Å². The van der Waals surface area contributed by atoms with Crippen molar-refractivity contribution < 1.29 is 13.9 Å². The molecule has 2 amide bonds. The number of carbonyl (C=O) groups excluding carboxylic acids is 1. The van der Waals surface area contributed by atoms with E-state index in [1.807, 2.05) is 0 Å². The molecule has 0 unspecified atom stereocenters. The Bertz CT molecular complexity index is 965. The Labute approximate surface area is 149 Å². The average Bonchev–Trinajstić information content (AvgIpc) is 2.62. The minimum Gasteiger partial charge on any atom is -0.457 e. The molecule has 0 aliphatic carbocycles. The molecule has 0 atom stereocenters. The maximum Gasteiger partial charge on any atom is 0.323 e. The summed E-state index contributed by atoms with van der Waals surface area (Å²) in [5.41, 5.74) is 1.41. The van der Waals surface area contributed by atoms with Gasteiger partial charge in [-0.25, -0.2) is 14.0 Å². The van der Waals surface area contributed by atoms with Crippen molar-refractivity contribution in [2.75, 3.05) is 10.6 Å². The highest BCUT2D eigenvalue weighted by atomic mass is 19.1. The number of anilines is 2. The van der Waals surface area contributed by atoms with Gasteiger partial charge in [-0.3, -0.25) is 0 Å². The second kappa shape index (κ2) is 7.81. The van der Waals surface area contributed by atoms with Crippen LogP contribution in [0, 0.1) is 12.4 Å². The number of urea groups is 1. The molecule has 0 aliphatic rings. The van der Waals surface area contributed by atoms with Gasteiger partial charge in [-0.1, -0.05) is 24.3 Å². The van der Waals surface area contributed by atoms with Gasteiger partial charge in [-0.05, 0) is 42.5 Å². The maximum atomic E-state index is 13.1. The summed E-state index contributed by atoms with van der Waals surface area (Å²) in [5, 5.41) is 5.22. The first kappa shape index (κ1) is 17.0. The Hall–Kier alpha value is -3.85. The van der Waals surface area contributed by atoms with Crippen LogP contribution in [0.25, 0.3) is 4.85 Å². The smallest absolute Gasteiger partial charge is 0.323 e. The third-order valence-corrected chi connectivity index (χ3v) is 3.38. The summed E-state index contributed by atoms with van der Waals surface area (Å²) in [6.07, 6.45) is 0. The van der Waals surface area contributed by atoms with Gasteiger partial charge in [0.05, 0.1) is 6.57 Å². The van der Waals surface area contributed by atoms with Gasteiger partial charge >= 0.3 is 6.03 Å². The Balaban J connectivity index is 1.64. The lowest BCUT2D eigenvalue weighted by Gasteiger charge is -2.10. The number of amides is 2. The van der Waals surface area contributed by atoms with Crippen LogP contribution >= 0.6 is 0 Å². The van der Waals surface area contributed by atoms with E-state index in [0.29, 0.717) is 28.6 Å². The van der Waals surface area contributed by atoms with Crippen LogP contribution in [0.2, 0.25) is 0 Å². The average molecular weight is 347 g/mol. The number of nitrogens with zero attached hydrogens (tertiary/aromatic N) is 1. The molecular formula is C20H14FN3O2. The molecule has 6 heteroatoms. The number of nitrogens with one attached hydrogen (secondary N) is 2. The molecule has 0 spiro atoms. The molecule has 26 heavy (non-hydrogen) atoms. The molecule has 3 aromatic carbocycles. The molecule has 0 saturated carbocycles. The molecular weight excluding hydrogens is 333 g/mol. The van der Waals surface area contributed by atoms with E-state index in [4.69, 9.17) is 11.3 Å². The molecule has 3 aromatic rings. The van der Waals surface area contributed by atoms with Gasteiger partial charge < -0.3 is 15.4 Å². The number of halogens is 1. The highest BCUT2D eigenvalue weighted by Gasteiger charge is 2.05. The van der Waals surface area contributed by atoms with Crippen LogP contribution in [-0.2, 0) is 0 Å². The Morgan fingerprint density at radius 2 is 1.54 bits per heavy atom. The van der Waals surface area contributed by atoms with Crippen molar-refractivity contribution in [1.82, 2.24) is 0 Å². The number of hydrogen-bond donors (Lipinski definition) is 2. The second-order valence-electron chi connectivity index (χ2n) is 5.33. The molecule has 0 bridgehead atoms. The Morgan fingerprint density at radius 3 is 2.19 bits per heavy atom. The van der Waals surface area contributed by atoms with E-state index in [-0.39, 0.29) is 0 Å². The van der Waals surface area contributed by atoms with Crippen molar-refractivity contribution in [1.29, 1.82) is 0 Å². The van der Waals surface area contributed by atoms with Crippen molar-refractivity contribution in [2.45, 2.75) is 0 Å². The Kier molecular flexibility index (Phi) is 5.11. The van der Waals surface area contributed by atoms with Gasteiger partial charge in [0.25, 0.3) is 0 Å². The fourth-order valence-electron chi connectivity index (χ4n) is 2.22. The van der Waals surface area contributed by atoms with Gasteiger partial charge in [0.2, 0.25) is 0 Å². The standard InChI is InChI=1S/C20H14FN3O2/c1-22-15-8-10-18(11-9-15)26-19-7-3-6-17(13-19)24-20(25)23-16-5-2-4-14(21)12-16/h2-13H,(H2,23,24,25). The first-order valence-electron chi connectivity index (χ1n) is 7.71. The van der Waals surface area contributed by atoms with Crippen LogP contribution in [0.4, 0.5) is 26.2 Å². The summed E-state index contributed by atoms with van der Waals surface area (Å²) >= 11 is 0. The number of rotatable bonds is 4. The zero-order valence-electron chi connectivity index (χ0n) is 13.6. The molecule has 0 aliphatic heterocycles. The zero-order valence-corrected chi connectivity index (χ0v) is 13.6. The van der Waals surface area contributed by atoms with Crippen LogP contribution in [0.1, 0.15) is 0 Å². The summed E-state index contributed by atoms with van der Waals surface area (Å²) in [7, 11) is 0. The summed E-state index contributed by atoms with van der Waals surface area (Å²) in [6.45, 7) is 6.94. The second-order valence-corrected chi connectivity index (χ2v) is 5.33. The van der Waals surface area contributed by atoms with Gasteiger partial charge in [-0.15, -0.1) is 0 Å². The fourth-order valence-corrected chi connectivity index (χ4v) is 2.22. The van der Waals surface area contributed by atoms with Crippen molar-refractivity contribution in [3.8, 4) is 11.5 Å². The summed E-state index contributed by atoms with van der Waals surface area (Å²) < 4.78 is 18.9. The largest absolute Gasteiger partial charge is 0.457 e. The summed E-state index contributed by atoms with van der Waals surface area (Å²) in [4.78, 5) is 15.3. The van der Waals surface area contributed by atoms with E-state index in [0.717, 1.165) is 0 Å². The molecule has 0 aromatic heterocycles. The predicted octanol–water partition coefficient (Wildman–Crippen LogP) is 5.81. The monoisotopic (exact) mass is 347 g/mol. The number of ether oxygens (including phenoxy) is 1. The quantitative estimate of drug-likeness (QED) is 0.585. The number of carbonyl (C=O) groups is 1. The van der Waals surface area contributed by atoms with Crippen molar-refractivity contribution in [3.63, 3.8) is 0 Å². The van der Waals surface area contributed by atoms with Crippen molar-refractivity contribution in [3.05, 3.63) is 90.0 Å². The summed E-state index contributed by atoms with van der Waals surface area (Å²) in [6, 6.07) is 18.7. The van der Waals surface area contributed by atoms with Crippen LogP contribution in [0.3, 0.4) is 0 Å². The number of benzene rings is 3. The molecule has 3 rings (SSSR count). The molecule has 0 heterocycles. The number of hydrogen-bond acceptors (Lipinski definition) is 2. The minimum absolute atomic E-state index is 0.356. The third kappa shape index (κ3) is 4.58. The highest BCUT2D eigenvalue weighted by Crippen LogP contribution is 2.26. The lowest BCUT2D eigenvalue weighted by atomic mass is 10.3. The topological polar surface area (TPSA) is 54.7 Å². The van der Waals surface area contributed by atoms with E-state index in [1.165, 1.54) is 18.2 Å². The lowest BCUT2D eigenvalue weighted by molar-refractivity contribution is 0.262. The van der Waals surface area contributed by atoms with Gasteiger partial charge in [0.15, 0.2) is 5.69 Å². The molecule has 0 fully saturated rings. The van der Waals surface area contributed by atoms with Gasteiger partial charge in [0, 0.05) is 17.4 Å². The molecule has 0 saturated heterocycles. The molecule has 2 N–H and O–H groups in total. The predicted molar refractivity (Wildman–Crippen MR) is 98.3 cm³/mol. The molecule has 5 nitrogen and oxygen atoms in total. The SMILES string of the molecule is [C-]#[N+]c1ccc(Oc2cccc(NC(=O)Nc3cccc(F)c3)c2)cc1. The third-order valence-electron chi connectivity index (χ3n) is 3.38. The van der Waals surface area contributed by atoms with Gasteiger partial charge in [0.1, 0.15) is 17.3 Å². The molecule has 128 valence electrons. The van der Waals surface area contributed by atoms with Crippen LogP contribution in [0.5, 0.6) is 11.5 Å². The Morgan fingerprint density at radius 1 is 0.885 bits per heavy atom. The van der Waals surface area contributed by atoms with Crippen molar-refractivity contribution >= 4 is 23.1 Å². The van der Waals surface area contributed by atoms with Crippen LogP contribution < -0.4 is 15.4 Å². The zero-order chi connectivity index (χ0) is 18.4. The van der Waals surface area contributed by atoms with Crippen LogP contribution in [-0.4, -0.2) is 6.03 Å². The van der Waals surface area contributed by atoms with E-state index in [2.05, 4.69) is 15.5 Å². The fraction of sp³-hybridized carbons (Fsp3) is 0. The first-order chi connectivity index (χ1) is 12.6. The van der Waals surface area contributed by atoms with Crippen molar-refractivity contribution in [2.24, 2.45) is 0 Å². The van der Waals surface area contributed by atoms with E-state index in [1.54, 1.807) is 54.6 Å². The van der Waals surface area contributed by atoms with Gasteiger partial charge in [-0.2, -0.15) is 0 Å². The highest BCUT2D eigenvalue weighted by molar-refractivity contribution is 5.99.